The van der Waals surface area contributed by atoms with E-state index in [1.807, 2.05) is 0 Å². The molecule has 4 rings (SSSR count). The van der Waals surface area contributed by atoms with Crippen molar-refractivity contribution in [1.82, 2.24) is 24.9 Å². The number of imidazole rings is 1. The molecule has 0 aromatic carbocycles. The van der Waals surface area contributed by atoms with Crippen LogP contribution < -0.4 is 11.1 Å². The zero-order chi connectivity index (χ0) is 19.5. The lowest BCUT2D eigenvalue weighted by molar-refractivity contribution is 0.0187. The normalized spacial score (nSPS) is 30.1. The van der Waals surface area contributed by atoms with Gasteiger partial charge in [0.2, 0.25) is 0 Å². The molecule has 2 aliphatic heterocycles. The molecule has 1 saturated heterocycles. The van der Waals surface area contributed by atoms with Gasteiger partial charge in [-0.3, -0.25) is 0 Å². The summed E-state index contributed by atoms with van der Waals surface area (Å²) in [5.74, 6) is 1.71. The quantitative estimate of drug-likeness (QED) is 0.786. The van der Waals surface area contributed by atoms with Crippen LogP contribution in [0.25, 0.3) is 0 Å². The fraction of sp³-hybridized carbons (Fsp3) is 0.773. The average molecular weight is 387 g/mol. The van der Waals surface area contributed by atoms with Crippen LogP contribution in [-0.4, -0.2) is 51.8 Å². The van der Waals surface area contributed by atoms with Crippen LogP contribution in [-0.2, 0) is 6.54 Å². The first-order chi connectivity index (χ1) is 13.7. The minimum Gasteiger partial charge on any atom is -0.331 e. The summed E-state index contributed by atoms with van der Waals surface area (Å²) in [7, 11) is 2.19. The fourth-order valence-corrected chi connectivity index (χ4v) is 5.46. The molecule has 1 aromatic heterocycles. The molecule has 0 amide bonds. The number of likely N-dealkylation sites (N-methyl/N-ethyl adjacent to an activating group) is 1. The van der Waals surface area contributed by atoms with E-state index in [0.29, 0.717) is 18.0 Å². The standard InChI is InChI=1S/C22H38N6/c1-3-27-21(16-25-22(27)20(23)15-18-7-4-5-12-24-18)17-8-10-19(11-9-17)28-14-6-13-26(28)2/h6,14,16-20,24H,3-5,7-13,15,23H2,1-2H3/t17?,18?,19?,20-/m0/s1. The Kier molecular flexibility index (Phi) is 6.38. The van der Waals surface area contributed by atoms with E-state index in [9.17, 15) is 0 Å². The second-order valence-electron chi connectivity index (χ2n) is 8.89. The molecule has 6 heteroatoms. The third kappa shape index (κ3) is 4.14. The second-order valence-corrected chi connectivity index (χ2v) is 8.89. The first-order valence-electron chi connectivity index (χ1n) is 11.4. The summed E-state index contributed by atoms with van der Waals surface area (Å²) in [5.41, 5.74) is 8.03. The number of aromatic nitrogens is 2. The predicted octanol–water partition coefficient (Wildman–Crippen LogP) is 3.14. The molecule has 1 unspecified atom stereocenters. The Balaban J connectivity index is 1.39. The first-order valence-corrected chi connectivity index (χ1v) is 11.4. The lowest BCUT2D eigenvalue weighted by atomic mass is 9.84. The summed E-state index contributed by atoms with van der Waals surface area (Å²) >= 11 is 0. The average Bonchev–Trinajstić information content (AvgIpc) is 3.35. The molecule has 2 atom stereocenters. The largest absolute Gasteiger partial charge is 0.331 e. The van der Waals surface area contributed by atoms with Gasteiger partial charge in [0.15, 0.2) is 0 Å². The molecular formula is C22H38N6. The summed E-state index contributed by atoms with van der Waals surface area (Å²) in [4.78, 5) is 4.82. The van der Waals surface area contributed by atoms with Crippen molar-refractivity contribution in [3.05, 3.63) is 30.0 Å². The number of nitrogens with two attached hydrogens (primary N) is 1. The molecule has 3 heterocycles. The van der Waals surface area contributed by atoms with Gasteiger partial charge >= 0.3 is 0 Å². The Labute approximate surface area is 170 Å². The van der Waals surface area contributed by atoms with Gasteiger partial charge in [-0.1, -0.05) is 12.5 Å². The van der Waals surface area contributed by atoms with Gasteiger partial charge in [-0.2, -0.15) is 0 Å². The van der Waals surface area contributed by atoms with Gasteiger partial charge in [0.05, 0.1) is 6.04 Å². The molecule has 3 aliphatic rings. The van der Waals surface area contributed by atoms with Gasteiger partial charge in [-0.05, 0) is 58.4 Å². The highest BCUT2D eigenvalue weighted by atomic mass is 15.6. The number of rotatable bonds is 6. The highest BCUT2D eigenvalue weighted by molar-refractivity contribution is 5.15. The van der Waals surface area contributed by atoms with E-state index in [0.717, 1.165) is 31.9 Å². The van der Waals surface area contributed by atoms with Crippen LogP contribution in [0.3, 0.4) is 0 Å². The van der Waals surface area contributed by atoms with Crippen molar-refractivity contribution in [2.24, 2.45) is 5.73 Å². The topological polar surface area (TPSA) is 62.4 Å². The van der Waals surface area contributed by atoms with Gasteiger partial charge < -0.3 is 20.6 Å². The monoisotopic (exact) mass is 386 g/mol. The first kappa shape index (κ1) is 19.9. The summed E-state index contributed by atoms with van der Waals surface area (Å²) in [6.07, 6.45) is 16.5. The minimum atomic E-state index is 0.0315. The Morgan fingerprint density at radius 2 is 2.04 bits per heavy atom. The van der Waals surface area contributed by atoms with Crippen LogP contribution in [0.15, 0.2) is 18.5 Å². The van der Waals surface area contributed by atoms with E-state index in [-0.39, 0.29) is 6.04 Å². The van der Waals surface area contributed by atoms with Crippen molar-refractivity contribution in [2.75, 3.05) is 20.1 Å². The van der Waals surface area contributed by atoms with E-state index in [1.54, 1.807) is 0 Å². The highest BCUT2D eigenvalue weighted by Gasteiger charge is 2.31. The summed E-state index contributed by atoms with van der Waals surface area (Å²) in [6.45, 7) is 5.37. The summed E-state index contributed by atoms with van der Waals surface area (Å²) in [5, 5.41) is 8.40. The molecule has 28 heavy (non-hydrogen) atoms. The van der Waals surface area contributed by atoms with Crippen LogP contribution >= 0.6 is 0 Å². The molecule has 1 saturated carbocycles. The van der Waals surface area contributed by atoms with E-state index < -0.39 is 0 Å². The van der Waals surface area contributed by atoms with E-state index in [1.165, 1.54) is 50.6 Å². The minimum absolute atomic E-state index is 0.0315. The number of hydrazine groups is 1. The molecule has 0 radical (unpaired) electrons. The smallest absolute Gasteiger partial charge is 0.125 e. The Morgan fingerprint density at radius 3 is 2.68 bits per heavy atom. The molecule has 6 nitrogen and oxygen atoms in total. The maximum absolute atomic E-state index is 6.62. The van der Waals surface area contributed by atoms with Crippen LogP contribution in [0.4, 0.5) is 0 Å². The maximum Gasteiger partial charge on any atom is 0.125 e. The van der Waals surface area contributed by atoms with Crippen molar-refractivity contribution in [2.45, 2.75) is 88.9 Å². The van der Waals surface area contributed by atoms with Crippen LogP contribution in [0, 0.1) is 0 Å². The van der Waals surface area contributed by atoms with E-state index >= 15 is 0 Å². The molecule has 2 fully saturated rings. The lowest BCUT2D eigenvalue weighted by Gasteiger charge is -2.38. The van der Waals surface area contributed by atoms with Crippen molar-refractivity contribution in [1.29, 1.82) is 0 Å². The van der Waals surface area contributed by atoms with E-state index in [4.69, 9.17) is 10.7 Å². The Hall–Kier alpha value is -1.37. The summed E-state index contributed by atoms with van der Waals surface area (Å²) < 4.78 is 2.42. The third-order valence-corrected chi connectivity index (χ3v) is 7.03. The molecule has 0 bridgehead atoms. The number of piperidine rings is 1. The Bertz CT molecular complexity index is 654. The van der Waals surface area contributed by atoms with Crippen molar-refractivity contribution >= 4 is 0 Å². The van der Waals surface area contributed by atoms with Crippen molar-refractivity contribution in [3.8, 4) is 0 Å². The van der Waals surface area contributed by atoms with Crippen LogP contribution in [0.5, 0.6) is 0 Å². The Morgan fingerprint density at radius 1 is 1.21 bits per heavy atom. The number of hydrogen-bond donors (Lipinski definition) is 2. The van der Waals surface area contributed by atoms with E-state index in [2.05, 4.69) is 52.3 Å². The molecule has 3 N–H and O–H groups in total. The third-order valence-electron chi connectivity index (χ3n) is 7.03. The molecule has 0 spiro atoms. The number of hydrogen-bond acceptors (Lipinski definition) is 5. The van der Waals surface area contributed by atoms with Gasteiger partial charge in [0, 0.05) is 56.2 Å². The maximum atomic E-state index is 6.62. The number of nitrogens with zero attached hydrogens (tertiary/aromatic N) is 4. The van der Waals surface area contributed by atoms with Gasteiger partial charge in [-0.25, -0.2) is 9.99 Å². The number of nitrogens with one attached hydrogen (secondary N) is 1. The molecule has 1 aliphatic carbocycles. The zero-order valence-corrected chi connectivity index (χ0v) is 17.7. The second kappa shape index (κ2) is 8.97. The predicted molar refractivity (Wildman–Crippen MR) is 114 cm³/mol. The molecule has 1 aromatic rings. The van der Waals surface area contributed by atoms with Crippen molar-refractivity contribution in [3.63, 3.8) is 0 Å². The van der Waals surface area contributed by atoms with Crippen LogP contribution in [0.1, 0.15) is 81.8 Å². The zero-order valence-electron chi connectivity index (χ0n) is 17.7. The van der Waals surface area contributed by atoms with Crippen molar-refractivity contribution < 1.29 is 0 Å². The van der Waals surface area contributed by atoms with Gasteiger partial charge in [0.25, 0.3) is 0 Å². The summed E-state index contributed by atoms with van der Waals surface area (Å²) in [6, 6.07) is 1.23. The molecular weight excluding hydrogens is 348 g/mol. The SMILES string of the molecule is CCn1c(C2CCC(N3C=CCN3C)CC2)cnc1[C@@H](N)CC1CCCCN1. The van der Waals surface area contributed by atoms with Gasteiger partial charge in [0.1, 0.15) is 5.82 Å². The fourth-order valence-electron chi connectivity index (χ4n) is 5.46. The van der Waals surface area contributed by atoms with Crippen LogP contribution in [0.2, 0.25) is 0 Å². The van der Waals surface area contributed by atoms with Gasteiger partial charge in [-0.15, -0.1) is 0 Å². The highest BCUT2D eigenvalue weighted by Crippen LogP contribution is 2.37. The lowest BCUT2D eigenvalue weighted by Crippen LogP contribution is -2.41. The molecule has 156 valence electrons.